The average molecular weight is 259 g/mol. The summed E-state index contributed by atoms with van der Waals surface area (Å²) in [6, 6.07) is 4.98. The van der Waals surface area contributed by atoms with Crippen LogP contribution < -0.4 is 5.32 Å². The minimum Gasteiger partial charge on any atom is -0.478 e. The molecule has 19 heavy (non-hydrogen) atoms. The lowest BCUT2D eigenvalue weighted by molar-refractivity contribution is 0.0696. The Labute approximate surface area is 109 Å². The second-order valence-corrected chi connectivity index (χ2v) is 4.73. The highest BCUT2D eigenvalue weighted by Gasteiger charge is 2.27. The number of anilines is 1. The van der Waals surface area contributed by atoms with Crippen LogP contribution in [0.15, 0.2) is 24.5 Å². The Kier molecular flexibility index (Phi) is 2.79. The lowest BCUT2D eigenvalue weighted by atomic mass is 9.89. The number of carbonyl (C=O) groups is 1. The standard InChI is InChI=1S/C13H13N3O3/c17-9-4-8(5-9)16-12-10-2-1-7(13(18)19)3-11(10)14-6-15-12/h1-3,6,8-9,17H,4-5H2,(H,18,19)(H,14,15,16). The molecule has 2 aromatic rings. The molecule has 0 amide bonds. The molecule has 0 unspecified atom stereocenters. The normalized spacial score (nSPS) is 21.9. The van der Waals surface area contributed by atoms with Crippen LogP contribution >= 0.6 is 0 Å². The lowest BCUT2D eigenvalue weighted by Gasteiger charge is -2.32. The van der Waals surface area contributed by atoms with Crippen molar-refractivity contribution in [3.05, 3.63) is 30.1 Å². The van der Waals surface area contributed by atoms with Crippen molar-refractivity contribution in [1.82, 2.24) is 9.97 Å². The Bertz CT molecular complexity index is 638. The van der Waals surface area contributed by atoms with Crippen LogP contribution in [0.2, 0.25) is 0 Å². The van der Waals surface area contributed by atoms with Crippen LogP contribution in [0, 0.1) is 0 Å². The van der Waals surface area contributed by atoms with Gasteiger partial charge in [-0.15, -0.1) is 0 Å². The van der Waals surface area contributed by atoms with Crippen LogP contribution in [0.25, 0.3) is 10.9 Å². The molecule has 0 aliphatic heterocycles. The number of rotatable bonds is 3. The SMILES string of the molecule is O=C(O)c1ccc2c(NC3CC(O)C3)ncnc2c1. The molecule has 1 saturated carbocycles. The summed E-state index contributed by atoms with van der Waals surface area (Å²) in [5.74, 6) is -0.295. The van der Waals surface area contributed by atoms with Crippen LogP contribution in [-0.2, 0) is 0 Å². The zero-order chi connectivity index (χ0) is 13.4. The topological polar surface area (TPSA) is 95.3 Å². The van der Waals surface area contributed by atoms with E-state index < -0.39 is 5.97 Å². The van der Waals surface area contributed by atoms with E-state index in [0.717, 1.165) is 5.39 Å². The van der Waals surface area contributed by atoms with E-state index in [1.165, 1.54) is 18.5 Å². The van der Waals surface area contributed by atoms with Crippen molar-refractivity contribution in [2.24, 2.45) is 0 Å². The van der Waals surface area contributed by atoms with Crippen molar-refractivity contribution in [3.63, 3.8) is 0 Å². The molecule has 98 valence electrons. The van der Waals surface area contributed by atoms with Gasteiger partial charge in [-0.25, -0.2) is 14.8 Å². The molecule has 6 heteroatoms. The van der Waals surface area contributed by atoms with Gasteiger partial charge in [-0.1, -0.05) is 0 Å². The summed E-state index contributed by atoms with van der Waals surface area (Å²) in [7, 11) is 0. The van der Waals surface area contributed by atoms with Crippen LogP contribution in [-0.4, -0.2) is 38.3 Å². The van der Waals surface area contributed by atoms with Crippen molar-refractivity contribution in [3.8, 4) is 0 Å². The van der Waals surface area contributed by atoms with Gasteiger partial charge in [0.1, 0.15) is 12.1 Å². The number of carboxylic acids is 1. The van der Waals surface area contributed by atoms with E-state index in [0.29, 0.717) is 24.2 Å². The Balaban J connectivity index is 1.94. The predicted molar refractivity (Wildman–Crippen MR) is 69.1 cm³/mol. The molecule has 3 rings (SSSR count). The van der Waals surface area contributed by atoms with Crippen molar-refractivity contribution >= 4 is 22.7 Å². The smallest absolute Gasteiger partial charge is 0.335 e. The second kappa shape index (κ2) is 4.47. The molecule has 1 heterocycles. The van der Waals surface area contributed by atoms with E-state index in [1.54, 1.807) is 6.07 Å². The molecule has 0 atom stereocenters. The summed E-state index contributed by atoms with van der Waals surface area (Å²) in [6.07, 6.45) is 2.59. The fraction of sp³-hybridized carbons (Fsp3) is 0.308. The molecule has 0 spiro atoms. The van der Waals surface area contributed by atoms with Crippen molar-refractivity contribution in [2.75, 3.05) is 5.32 Å². The van der Waals surface area contributed by atoms with Crippen LogP contribution in [0.3, 0.4) is 0 Å². The fourth-order valence-electron chi connectivity index (χ4n) is 2.20. The van der Waals surface area contributed by atoms with Crippen LogP contribution in [0.5, 0.6) is 0 Å². The highest BCUT2D eigenvalue weighted by atomic mass is 16.4. The molecule has 0 bridgehead atoms. The van der Waals surface area contributed by atoms with E-state index in [1.807, 2.05) is 0 Å². The van der Waals surface area contributed by atoms with E-state index >= 15 is 0 Å². The number of nitrogens with zero attached hydrogens (tertiary/aromatic N) is 2. The third-order valence-corrected chi connectivity index (χ3v) is 3.34. The van der Waals surface area contributed by atoms with Crippen LogP contribution in [0.4, 0.5) is 5.82 Å². The molecule has 1 aromatic carbocycles. The first kappa shape index (κ1) is 11.9. The third kappa shape index (κ3) is 2.22. The Hall–Kier alpha value is -2.21. The molecular formula is C13H13N3O3. The summed E-state index contributed by atoms with van der Waals surface area (Å²) >= 11 is 0. The molecule has 1 aromatic heterocycles. The Morgan fingerprint density at radius 2 is 2.11 bits per heavy atom. The number of aromatic carboxylic acids is 1. The number of benzene rings is 1. The van der Waals surface area contributed by atoms with Crippen molar-refractivity contribution in [2.45, 2.75) is 25.0 Å². The average Bonchev–Trinajstić information content (AvgIpc) is 2.36. The maximum Gasteiger partial charge on any atom is 0.335 e. The lowest BCUT2D eigenvalue weighted by Crippen LogP contribution is -2.39. The molecule has 1 fully saturated rings. The first-order chi connectivity index (χ1) is 9.13. The molecule has 0 saturated heterocycles. The third-order valence-electron chi connectivity index (χ3n) is 3.34. The maximum absolute atomic E-state index is 10.9. The molecular weight excluding hydrogens is 246 g/mol. The van der Waals surface area contributed by atoms with E-state index in [4.69, 9.17) is 5.11 Å². The first-order valence-electron chi connectivity index (χ1n) is 6.06. The number of fused-ring (bicyclic) bond motifs is 1. The number of aromatic nitrogens is 2. The Morgan fingerprint density at radius 1 is 1.32 bits per heavy atom. The van der Waals surface area contributed by atoms with Gasteiger partial charge in [0.05, 0.1) is 17.2 Å². The van der Waals surface area contributed by atoms with Gasteiger partial charge in [-0.05, 0) is 31.0 Å². The molecule has 1 aliphatic carbocycles. The predicted octanol–water partition coefficient (Wildman–Crippen LogP) is 1.26. The van der Waals surface area contributed by atoms with Gasteiger partial charge in [0.2, 0.25) is 0 Å². The summed E-state index contributed by atoms with van der Waals surface area (Å²) in [5.41, 5.74) is 0.800. The number of hydrogen-bond acceptors (Lipinski definition) is 5. The van der Waals surface area contributed by atoms with Gasteiger partial charge in [0.25, 0.3) is 0 Å². The van der Waals surface area contributed by atoms with Gasteiger partial charge in [-0.2, -0.15) is 0 Å². The number of aliphatic hydroxyl groups is 1. The molecule has 1 aliphatic rings. The Morgan fingerprint density at radius 3 is 2.79 bits per heavy atom. The zero-order valence-electron chi connectivity index (χ0n) is 10.1. The zero-order valence-corrected chi connectivity index (χ0v) is 10.1. The number of hydrogen-bond donors (Lipinski definition) is 3. The minimum absolute atomic E-state index is 0.205. The highest BCUT2D eigenvalue weighted by molar-refractivity contribution is 5.96. The van der Waals surface area contributed by atoms with E-state index in [2.05, 4.69) is 15.3 Å². The van der Waals surface area contributed by atoms with Gasteiger partial charge in [-0.3, -0.25) is 0 Å². The van der Waals surface area contributed by atoms with Crippen LogP contribution in [0.1, 0.15) is 23.2 Å². The van der Waals surface area contributed by atoms with Crippen molar-refractivity contribution < 1.29 is 15.0 Å². The van der Waals surface area contributed by atoms with Gasteiger partial charge in [0.15, 0.2) is 0 Å². The van der Waals surface area contributed by atoms with Gasteiger partial charge >= 0.3 is 5.97 Å². The monoisotopic (exact) mass is 259 g/mol. The summed E-state index contributed by atoms with van der Waals surface area (Å²) in [6.45, 7) is 0. The van der Waals surface area contributed by atoms with E-state index in [-0.39, 0.29) is 17.7 Å². The first-order valence-corrected chi connectivity index (χ1v) is 6.06. The molecule has 3 N–H and O–H groups in total. The largest absolute Gasteiger partial charge is 0.478 e. The summed E-state index contributed by atoms with van der Waals surface area (Å²) < 4.78 is 0. The number of nitrogens with one attached hydrogen (secondary N) is 1. The fourth-order valence-corrected chi connectivity index (χ4v) is 2.20. The molecule has 6 nitrogen and oxygen atoms in total. The summed E-state index contributed by atoms with van der Waals surface area (Å²) in [5, 5.41) is 22.2. The second-order valence-electron chi connectivity index (χ2n) is 4.73. The number of carboxylic acid groups (broad SMARTS) is 1. The summed E-state index contributed by atoms with van der Waals surface area (Å²) in [4.78, 5) is 19.2. The maximum atomic E-state index is 10.9. The van der Waals surface area contributed by atoms with Gasteiger partial charge in [0, 0.05) is 11.4 Å². The van der Waals surface area contributed by atoms with Crippen molar-refractivity contribution in [1.29, 1.82) is 0 Å². The minimum atomic E-state index is -0.975. The molecule has 0 radical (unpaired) electrons. The van der Waals surface area contributed by atoms with E-state index in [9.17, 15) is 9.90 Å². The van der Waals surface area contributed by atoms with Gasteiger partial charge < -0.3 is 15.5 Å². The highest BCUT2D eigenvalue weighted by Crippen LogP contribution is 2.27. The quantitative estimate of drug-likeness (QED) is 0.768. The number of aliphatic hydroxyl groups excluding tert-OH is 1.